The maximum Gasteiger partial charge on any atom is 0.290 e. The minimum atomic E-state index is -0.685. The molecule has 1 aliphatic rings. The van der Waals surface area contributed by atoms with Crippen LogP contribution >= 0.6 is 0 Å². The number of halogens is 1. The molecule has 1 aromatic heterocycles. The molecule has 122 valence electrons. The minimum absolute atomic E-state index is 0.0307. The first-order valence-corrected chi connectivity index (χ1v) is 7.75. The third kappa shape index (κ3) is 3.73. The number of likely N-dealkylation sites (tertiary alicyclic amines) is 1. The molecule has 1 aliphatic heterocycles. The molecule has 1 atom stereocenters. The predicted octanol–water partition coefficient (Wildman–Crippen LogP) is 2.08. The molecular weight excluding hydrogens is 299 g/mol. The molecule has 1 fully saturated rings. The number of hydrogen-bond donors (Lipinski definition) is 1. The van der Waals surface area contributed by atoms with Crippen molar-refractivity contribution in [3.05, 3.63) is 47.4 Å². The van der Waals surface area contributed by atoms with E-state index < -0.39 is 5.91 Å². The van der Waals surface area contributed by atoms with Crippen molar-refractivity contribution in [3.8, 4) is 0 Å². The van der Waals surface area contributed by atoms with Crippen molar-refractivity contribution in [1.29, 1.82) is 0 Å². The maximum absolute atomic E-state index is 13.2. The third-order valence-corrected chi connectivity index (χ3v) is 4.11. The van der Waals surface area contributed by atoms with E-state index in [4.69, 9.17) is 10.3 Å². The Labute approximate surface area is 133 Å². The largest absolute Gasteiger partial charge is 0.363 e. The van der Waals surface area contributed by atoms with E-state index in [0.29, 0.717) is 5.89 Å². The molecule has 1 aromatic carbocycles. The molecule has 0 spiro atoms. The van der Waals surface area contributed by atoms with Gasteiger partial charge < -0.3 is 10.3 Å². The van der Waals surface area contributed by atoms with Gasteiger partial charge in [-0.25, -0.2) is 4.39 Å². The number of primary amides is 1. The zero-order chi connectivity index (χ0) is 16.2. The SMILES string of the molecule is NC(=O)c1noc(C2CCCN2CCCc2cccc(F)c2)n1. The Balaban J connectivity index is 1.57. The van der Waals surface area contributed by atoms with Gasteiger partial charge in [-0.05, 0) is 56.5 Å². The van der Waals surface area contributed by atoms with Gasteiger partial charge >= 0.3 is 0 Å². The summed E-state index contributed by atoms with van der Waals surface area (Å²) in [5.74, 6) is -0.518. The number of nitrogens with zero attached hydrogens (tertiary/aromatic N) is 3. The Bertz CT molecular complexity index is 688. The second kappa shape index (κ2) is 6.87. The summed E-state index contributed by atoms with van der Waals surface area (Å²) in [6.07, 6.45) is 3.69. The minimum Gasteiger partial charge on any atom is -0.363 e. The van der Waals surface area contributed by atoms with Gasteiger partial charge in [0.15, 0.2) is 0 Å². The Morgan fingerprint density at radius 3 is 3.09 bits per heavy atom. The van der Waals surface area contributed by atoms with Crippen LogP contribution in [0.2, 0.25) is 0 Å². The summed E-state index contributed by atoms with van der Waals surface area (Å²) in [7, 11) is 0. The number of rotatable bonds is 6. The second-order valence-electron chi connectivity index (χ2n) is 5.75. The van der Waals surface area contributed by atoms with Crippen LogP contribution in [-0.2, 0) is 6.42 Å². The van der Waals surface area contributed by atoms with Crippen molar-refractivity contribution < 1.29 is 13.7 Å². The number of aryl methyl sites for hydroxylation is 1. The van der Waals surface area contributed by atoms with Gasteiger partial charge in [-0.2, -0.15) is 4.98 Å². The van der Waals surface area contributed by atoms with E-state index in [1.165, 1.54) is 6.07 Å². The summed E-state index contributed by atoms with van der Waals surface area (Å²) in [5, 5.41) is 3.60. The molecule has 2 aromatic rings. The lowest BCUT2D eigenvalue weighted by Gasteiger charge is -2.21. The molecule has 2 N–H and O–H groups in total. The second-order valence-corrected chi connectivity index (χ2v) is 5.75. The summed E-state index contributed by atoms with van der Waals surface area (Å²) >= 11 is 0. The van der Waals surface area contributed by atoms with Crippen LogP contribution in [0.15, 0.2) is 28.8 Å². The van der Waals surface area contributed by atoms with Gasteiger partial charge in [0.05, 0.1) is 6.04 Å². The lowest BCUT2D eigenvalue weighted by Crippen LogP contribution is -2.25. The summed E-state index contributed by atoms with van der Waals surface area (Å²) in [5.41, 5.74) is 6.14. The fourth-order valence-electron chi connectivity index (χ4n) is 3.02. The zero-order valence-electron chi connectivity index (χ0n) is 12.7. The summed E-state index contributed by atoms with van der Waals surface area (Å²) in [4.78, 5) is 17.4. The summed E-state index contributed by atoms with van der Waals surface area (Å²) in [6, 6.07) is 6.71. The molecule has 0 saturated carbocycles. The highest BCUT2D eigenvalue weighted by molar-refractivity contribution is 5.88. The van der Waals surface area contributed by atoms with Crippen LogP contribution in [0.3, 0.4) is 0 Å². The van der Waals surface area contributed by atoms with E-state index in [0.717, 1.165) is 44.3 Å². The number of carbonyl (C=O) groups excluding carboxylic acids is 1. The fraction of sp³-hybridized carbons (Fsp3) is 0.438. The first-order chi connectivity index (χ1) is 11.1. The Hall–Kier alpha value is -2.28. The van der Waals surface area contributed by atoms with Crippen LogP contribution < -0.4 is 5.73 Å². The monoisotopic (exact) mass is 318 g/mol. The normalized spacial score (nSPS) is 18.4. The van der Waals surface area contributed by atoms with Crippen molar-refractivity contribution in [2.24, 2.45) is 5.73 Å². The summed E-state index contributed by atoms with van der Waals surface area (Å²) in [6.45, 7) is 1.80. The van der Waals surface area contributed by atoms with E-state index in [-0.39, 0.29) is 17.7 Å². The average molecular weight is 318 g/mol. The van der Waals surface area contributed by atoms with E-state index in [1.54, 1.807) is 12.1 Å². The van der Waals surface area contributed by atoms with Crippen LogP contribution in [0, 0.1) is 5.82 Å². The molecule has 1 amide bonds. The van der Waals surface area contributed by atoms with Crippen molar-refractivity contribution in [2.75, 3.05) is 13.1 Å². The zero-order valence-corrected chi connectivity index (χ0v) is 12.7. The average Bonchev–Trinajstić information content (AvgIpc) is 3.15. The first-order valence-electron chi connectivity index (χ1n) is 7.75. The van der Waals surface area contributed by atoms with E-state index in [2.05, 4.69) is 15.0 Å². The first kappa shape index (κ1) is 15.6. The van der Waals surface area contributed by atoms with E-state index >= 15 is 0 Å². The molecule has 3 rings (SSSR count). The van der Waals surface area contributed by atoms with E-state index in [9.17, 15) is 9.18 Å². The topological polar surface area (TPSA) is 85.2 Å². The van der Waals surface area contributed by atoms with Crippen LogP contribution in [0.4, 0.5) is 4.39 Å². The highest BCUT2D eigenvalue weighted by Crippen LogP contribution is 2.30. The number of amides is 1. The Morgan fingerprint density at radius 1 is 1.48 bits per heavy atom. The Kier molecular flexibility index (Phi) is 4.66. The van der Waals surface area contributed by atoms with Gasteiger partial charge in [-0.3, -0.25) is 9.69 Å². The lowest BCUT2D eigenvalue weighted by atomic mass is 10.1. The van der Waals surface area contributed by atoms with Crippen LogP contribution in [0.1, 0.15) is 47.4 Å². The maximum atomic E-state index is 13.2. The fourth-order valence-corrected chi connectivity index (χ4v) is 3.02. The van der Waals surface area contributed by atoms with Crippen molar-refractivity contribution in [3.63, 3.8) is 0 Å². The van der Waals surface area contributed by atoms with Crippen LogP contribution in [0.25, 0.3) is 0 Å². The van der Waals surface area contributed by atoms with Crippen molar-refractivity contribution in [1.82, 2.24) is 15.0 Å². The van der Waals surface area contributed by atoms with Gasteiger partial charge in [0.2, 0.25) is 5.89 Å². The van der Waals surface area contributed by atoms with Crippen LogP contribution in [-0.4, -0.2) is 34.0 Å². The predicted molar refractivity (Wildman–Crippen MR) is 81.1 cm³/mol. The van der Waals surface area contributed by atoms with Gasteiger partial charge in [0.1, 0.15) is 5.82 Å². The lowest BCUT2D eigenvalue weighted by molar-refractivity contribution is 0.0987. The number of hydrogen-bond acceptors (Lipinski definition) is 5. The number of aromatic nitrogens is 2. The molecule has 0 radical (unpaired) electrons. The van der Waals surface area contributed by atoms with Crippen molar-refractivity contribution in [2.45, 2.75) is 31.7 Å². The molecule has 1 unspecified atom stereocenters. The van der Waals surface area contributed by atoms with Gasteiger partial charge in [-0.15, -0.1) is 0 Å². The third-order valence-electron chi connectivity index (χ3n) is 4.11. The molecule has 0 aliphatic carbocycles. The summed E-state index contributed by atoms with van der Waals surface area (Å²) < 4.78 is 18.3. The standard InChI is InChI=1S/C16H19FN4O2/c17-12-6-1-4-11(10-12)5-2-8-21-9-3-7-13(21)16-19-15(14(18)22)20-23-16/h1,4,6,10,13H,2-3,5,7-9H2,(H2,18,22). The van der Waals surface area contributed by atoms with Gasteiger partial charge in [0.25, 0.3) is 11.7 Å². The molecule has 1 saturated heterocycles. The highest BCUT2D eigenvalue weighted by Gasteiger charge is 2.30. The molecule has 6 nitrogen and oxygen atoms in total. The molecule has 23 heavy (non-hydrogen) atoms. The molecule has 7 heteroatoms. The quantitative estimate of drug-likeness (QED) is 0.881. The molecule has 0 bridgehead atoms. The van der Waals surface area contributed by atoms with Crippen LogP contribution in [0.5, 0.6) is 0 Å². The molecule has 2 heterocycles. The van der Waals surface area contributed by atoms with Gasteiger partial charge in [0, 0.05) is 0 Å². The molecular formula is C16H19FN4O2. The van der Waals surface area contributed by atoms with E-state index in [1.807, 2.05) is 6.07 Å². The van der Waals surface area contributed by atoms with Crippen molar-refractivity contribution >= 4 is 5.91 Å². The smallest absolute Gasteiger partial charge is 0.290 e. The number of nitrogens with two attached hydrogens (primary N) is 1. The highest BCUT2D eigenvalue weighted by atomic mass is 19.1. The number of carbonyl (C=O) groups is 1. The Morgan fingerprint density at radius 2 is 2.35 bits per heavy atom. The van der Waals surface area contributed by atoms with Gasteiger partial charge in [-0.1, -0.05) is 17.3 Å². The number of benzene rings is 1.